The van der Waals surface area contributed by atoms with Crippen LogP contribution in [0.5, 0.6) is 0 Å². The Morgan fingerprint density at radius 1 is 1.17 bits per heavy atom. The third kappa shape index (κ3) is 4.43. The van der Waals surface area contributed by atoms with E-state index >= 15 is 0 Å². The Labute approximate surface area is 134 Å². The first kappa shape index (κ1) is 16.8. The van der Waals surface area contributed by atoms with Crippen LogP contribution in [-0.2, 0) is 15.2 Å². The van der Waals surface area contributed by atoms with Crippen molar-refractivity contribution >= 4 is 17.5 Å². The lowest BCUT2D eigenvalue weighted by Gasteiger charge is -2.20. The van der Waals surface area contributed by atoms with Gasteiger partial charge in [-0.15, -0.1) is 0 Å². The second-order valence-electron chi connectivity index (χ2n) is 5.76. The Kier molecular flexibility index (Phi) is 4.86. The predicted molar refractivity (Wildman–Crippen MR) is 85.8 cm³/mol. The molecule has 0 aliphatic carbocycles. The van der Waals surface area contributed by atoms with E-state index in [2.05, 4.69) is 10.6 Å². The molecule has 1 atom stereocenters. The van der Waals surface area contributed by atoms with Crippen LogP contribution in [0, 0.1) is 13.8 Å². The molecule has 122 valence electrons. The van der Waals surface area contributed by atoms with Crippen LogP contribution in [0.3, 0.4) is 0 Å². The van der Waals surface area contributed by atoms with Gasteiger partial charge in [0.1, 0.15) is 11.4 Å². The molecule has 0 saturated carbocycles. The first-order chi connectivity index (χ1) is 10.8. The Hall–Kier alpha value is -2.60. The summed E-state index contributed by atoms with van der Waals surface area (Å²) < 4.78 is 5.11. The van der Waals surface area contributed by atoms with E-state index < -0.39 is 17.4 Å². The summed E-state index contributed by atoms with van der Waals surface area (Å²) >= 11 is 0. The number of benzene rings is 1. The highest BCUT2D eigenvalue weighted by molar-refractivity contribution is 6.39. The zero-order valence-corrected chi connectivity index (χ0v) is 13.3. The van der Waals surface area contributed by atoms with E-state index in [9.17, 15) is 14.7 Å². The van der Waals surface area contributed by atoms with E-state index in [0.29, 0.717) is 11.4 Å². The largest absolute Gasteiger partial charge is 0.466 e. The van der Waals surface area contributed by atoms with Crippen LogP contribution in [0.15, 0.2) is 41.0 Å². The van der Waals surface area contributed by atoms with Gasteiger partial charge in [0.25, 0.3) is 0 Å². The van der Waals surface area contributed by atoms with Crippen molar-refractivity contribution in [1.82, 2.24) is 5.32 Å². The maximum absolute atomic E-state index is 11.9. The van der Waals surface area contributed by atoms with E-state index in [1.165, 1.54) is 13.2 Å². The number of furan rings is 1. The van der Waals surface area contributed by atoms with Crippen LogP contribution in [0.2, 0.25) is 0 Å². The van der Waals surface area contributed by atoms with Gasteiger partial charge in [-0.05, 0) is 56.2 Å². The van der Waals surface area contributed by atoms with E-state index in [1.54, 1.807) is 24.3 Å². The van der Waals surface area contributed by atoms with Crippen LogP contribution >= 0.6 is 0 Å². The molecule has 6 nitrogen and oxygen atoms in total. The maximum atomic E-state index is 11.9. The van der Waals surface area contributed by atoms with Crippen molar-refractivity contribution in [3.63, 3.8) is 0 Å². The molecule has 6 heteroatoms. The quantitative estimate of drug-likeness (QED) is 0.751. The minimum Gasteiger partial charge on any atom is -0.466 e. The fraction of sp³-hybridized carbons (Fsp3) is 0.294. The molecule has 1 unspecified atom stereocenters. The van der Waals surface area contributed by atoms with Gasteiger partial charge in [0.15, 0.2) is 0 Å². The summed E-state index contributed by atoms with van der Waals surface area (Å²) in [6.45, 7) is 5.17. The molecule has 1 heterocycles. The molecule has 2 amide bonds. The zero-order valence-electron chi connectivity index (χ0n) is 13.3. The fourth-order valence-electron chi connectivity index (χ4n) is 2.24. The number of anilines is 1. The highest BCUT2D eigenvalue weighted by Crippen LogP contribution is 2.19. The normalized spacial score (nSPS) is 13.2. The summed E-state index contributed by atoms with van der Waals surface area (Å²) in [5.74, 6) is -1.30. The molecular weight excluding hydrogens is 296 g/mol. The van der Waals surface area contributed by atoms with Crippen molar-refractivity contribution in [2.24, 2.45) is 0 Å². The molecule has 0 aliphatic heterocycles. The average molecular weight is 316 g/mol. The molecule has 1 aromatic heterocycles. The van der Waals surface area contributed by atoms with Gasteiger partial charge in [0, 0.05) is 5.69 Å². The van der Waals surface area contributed by atoms with Crippen molar-refractivity contribution in [3.8, 4) is 0 Å². The summed E-state index contributed by atoms with van der Waals surface area (Å²) in [6, 6.07) is 8.75. The molecule has 23 heavy (non-hydrogen) atoms. The minimum absolute atomic E-state index is 0.139. The van der Waals surface area contributed by atoms with Crippen LogP contribution in [0.1, 0.15) is 23.8 Å². The van der Waals surface area contributed by atoms with E-state index in [0.717, 1.165) is 11.1 Å². The van der Waals surface area contributed by atoms with Gasteiger partial charge in [-0.25, -0.2) is 0 Å². The molecule has 2 rings (SSSR count). The number of nitrogens with one attached hydrogen (secondary N) is 2. The SMILES string of the molecule is Cc1cc(C)cc(NC(=O)C(=O)NCC(C)(O)c2ccco2)c1. The highest BCUT2D eigenvalue weighted by Gasteiger charge is 2.28. The number of rotatable bonds is 4. The number of hydrogen-bond acceptors (Lipinski definition) is 4. The van der Waals surface area contributed by atoms with Crippen molar-refractivity contribution in [1.29, 1.82) is 0 Å². The van der Waals surface area contributed by atoms with Crippen molar-refractivity contribution in [2.75, 3.05) is 11.9 Å². The molecule has 0 spiro atoms. The number of carbonyl (C=O) groups is 2. The van der Waals surface area contributed by atoms with Crippen molar-refractivity contribution in [2.45, 2.75) is 26.4 Å². The Balaban J connectivity index is 1.94. The Bertz CT molecular complexity index is 685. The molecule has 0 radical (unpaired) electrons. The zero-order chi connectivity index (χ0) is 17.0. The first-order valence-corrected chi connectivity index (χ1v) is 7.22. The molecular formula is C17H20N2O4. The first-order valence-electron chi connectivity index (χ1n) is 7.22. The predicted octanol–water partition coefficient (Wildman–Crippen LogP) is 1.86. The van der Waals surface area contributed by atoms with Gasteiger partial charge in [-0.1, -0.05) is 6.07 Å². The summed E-state index contributed by atoms with van der Waals surface area (Å²) in [4.78, 5) is 23.8. The molecule has 0 saturated heterocycles. The molecule has 2 aromatic rings. The third-order valence-corrected chi connectivity index (χ3v) is 3.33. The highest BCUT2D eigenvalue weighted by atomic mass is 16.4. The third-order valence-electron chi connectivity index (χ3n) is 3.33. The number of hydrogen-bond donors (Lipinski definition) is 3. The molecule has 3 N–H and O–H groups in total. The summed E-state index contributed by atoms with van der Waals surface area (Å²) in [7, 11) is 0. The number of amides is 2. The molecule has 0 fully saturated rings. The number of carbonyl (C=O) groups excluding carboxylic acids is 2. The van der Waals surface area contributed by atoms with Crippen LogP contribution < -0.4 is 10.6 Å². The van der Waals surface area contributed by atoms with E-state index in [1.807, 2.05) is 19.9 Å². The van der Waals surface area contributed by atoms with Gasteiger partial charge in [0.2, 0.25) is 0 Å². The van der Waals surface area contributed by atoms with Crippen LogP contribution in [0.4, 0.5) is 5.69 Å². The Morgan fingerprint density at radius 3 is 2.39 bits per heavy atom. The fourth-order valence-corrected chi connectivity index (χ4v) is 2.24. The maximum Gasteiger partial charge on any atom is 0.313 e. The van der Waals surface area contributed by atoms with Gasteiger partial charge in [-0.2, -0.15) is 0 Å². The van der Waals surface area contributed by atoms with Gasteiger partial charge in [-0.3, -0.25) is 9.59 Å². The lowest BCUT2D eigenvalue weighted by Crippen LogP contribution is -2.43. The van der Waals surface area contributed by atoms with E-state index in [-0.39, 0.29) is 6.54 Å². The lowest BCUT2D eigenvalue weighted by atomic mass is 10.0. The Morgan fingerprint density at radius 2 is 1.83 bits per heavy atom. The lowest BCUT2D eigenvalue weighted by molar-refractivity contribution is -0.136. The summed E-state index contributed by atoms with van der Waals surface area (Å²) in [5.41, 5.74) is 1.14. The van der Waals surface area contributed by atoms with Gasteiger partial charge < -0.3 is 20.2 Å². The summed E-state index contributed by atoms with van der Waals surface area (Å²) in [6.07, 6.45) is 1.43. The molecule has 0 aliphatic rings. The average Bonchev–Trinajstić information content (AvgIpc) is 2.98. The van der Waals surface area contributed by atoms with Gasteiger partial charge in [0.05, 0.1) is 12.8 Å². The second-order valence-corrected chi connectivity index (χ2v) is 5.76. The van der Waals surface area contributed by atoms with Crippen LogP contribution in [-0.4, -0.2) is 23.5 Å². The standard InChI is InChI=1S/C17H20N2O4/c1-11-7-12(2)9-13(8-11)19-16(21)15(20)18-10-17(3,22)14-5-4-6-23-14/h4-9,22H,10H2,1-3H3,(H,18,20)(H,19,21). The van der Waals surface area contributed by atoms with Gasteiger partial charge >= 0.3 is 11.8 Å². The van der Waals surface area contributed by atoms with Crippen molar-refractivity contribution < 1.29 is 19.1 Å². The smallest absolute Gasteiger partial charge is 0.313 e. The monoisotopic (exact) mass is 316 g/mol. The minimum atomic E-state index is -1.39. The summed E-state index contributed by atoms with van der Waals surface area (Å²) in [5, 5.41) is 15.2. The molecule has 0 bridgehead atoms. The van der Waals surface area contributed by atoms with E-state index in [4.69, 9.17) is 4.42 Å². The number of aliphatic hydroxyl groups is 1. The van der Waals surface area contributed by atoms with Crippen molar-refractivity contribution in [3.05, 3.63) is 53.5 Å². The molecule has 1 aromatic carbocycles. The second kappa shape index (κ2) is 6.66. The van der Waals surface area contributed by atoms with Crippen LogP contribution in [0.25, 0.3) is 0 Å². The topological polar surface area (TPSA) is 91.6 Å². The number of aryl methyl sites for hydroxylation is 2.